The second kappa shape index (κ2) is 5.59. The molecule has 2 aromatic rings. The first-order chi connectivity index (χ1) is 9.31. The minimum atomic E-state index is -0.389. The number of rotatable bonds is 4. The summed E-state index contributed by atoms with van der Waals surface area (Å²) in [6.07, 6.45) is 3.35. The summed E-state index contributed by atoms with van der Waals surface area (Å²) in [6, 6.07) is 6.52. The maximum absolute atomic E-state index is 11.1. The second-order valence-corrected chi connectivity index (χ2v) is 5.07. The summed E-state index contributed by atoms with van der Waals surface area (Å²) >= 11 is 0. The van der Waals surface area contributed by atoms with E-state index < -0.39 is 0 Å². The van der Waals surface area contributed by atoms with Gasteiger partial charge in [-0.3, -0.25) is 4.98 Å². The van der Waals surface area contributed by atoms with Crippen LogP contribution in [0.25, 0.3) is 11.1 Å². The number of H-pyrrole nitrogens is 1. The summed E-state index contributed by atoms with van der Waals surface area (Å²) in [5, 5.41) is 6.94. The highest BCUT2D eigenvalue weighted by Crippen LogP contribution is 2.12. The van der Waals surface area contributed by atoms with Crippen molar-refractivity contribution in [2.45, 2.75) is 25.3 Å². The SMILES string of the molecule is O=c1[nH]c2ccc(CCNC3CCNCC3)cc2o1. The Balaban J connectivity index is 1.57. The van der Waals surface area contributed by atoms with E-state index in [9.17, 15) is 4.79 Å². The second-order valence-electron chi connectivity index (χ2n) is 5.07. The largest absolute Gasteiger partial charge is 0.417 e. The first-order valence-electron chi connectivity index (χ1n) is 6.87. The van der Waals surface area contributed by atoms with Crippen LogP contribution in [0.5, 0.6) is 0 Å². The fraction of sp³-hybridized carbons (Fsp3) is 0.500. The van der Waals surface area contributed by atoms with Gasteiger partial charge in [0.1, 0.15) is 0 Å². The van der Waals surface area contributed by atoms with Crippen molar-refractivity contribution in [3.63, 3.8) is 0 Å². The van der Waals surface area contributed by atoms with E-state index in [1.54, 1.807) is 0 Å². The zero-order valence-electron chi connectivity index (χ0n) is 10.9. The third kappa shape index (κ3) is 3.05. The molecule has 2 heterocycles. The van der Waals surface area contributed by atoms with Crippen LogP contribution in [0.15, 0.2) is 27.4 Å². The standard InChI is InChI=1S/C14H19N3O2/c18-14-17-12-2-1-10(9-13(12)19-14)3-8-16-11-4-6-15-7-5-11/h1-2,9,11,15-16H,3-8H2,(H,17,18). The van der Waals surface area contributed by atoms with Crippen molar-refractivity contribution < 1.29 is 4.42 Å². The molecule has 19 heavy (non-hydrogen) atoms. The fourth-order valence-electron chi connectivity index (χ4n) is 2.59. The van der Waals surface area contributed by atoms with Crippen molar-refractivity contribution in [2.24, 2.45) is 0 Å². The molecule has 1 aliphatic rings. The number of aromatic nitrogens is 1. The molecular weight excluding hydrogens is 242 g/mol. The predicted octanol–water partition coefficient (Wildman–Crippen LogP) is 1.01. The molecule has 0 amide bonds. The molecule has 0 unspecified atom stereocenters. The van der Waals surface area contributed by atoms with Gasteiger partial charge in [-0.2, -0.15) is 0 Å². The van der Waals surface area contributed by atoms with E-state index in [0.29, 0.717) is 11.6 Å². The van der Waals surface area contributed by atoms with E-state index in [2.05, 4.69) is 15.6 Å². The molecule has 5 heteroatoms. The lowest BCUT2D eigenvalue weighted by Gasteiger charge is -2.23. The molecule has 0 bridgehead atoms. The Morgan fingerprint density at radius 3 is 3.00 bits per heavy atom. The van der Waals surface area contributed by atoms with E-state index in [1.807, 2.05) is 18.2 Å². The third-order valence-corrected chi connectivity index (χ3v) is 3.67. The van der Waals surface area contributed by atoms with Crippen molar-refractivity contribution in [2.75, 3.05) is 19.6 Å². The lowest BCUT2D eigenvalue weighted by atomic mass is 10.1. The topological polar surface area (TPSA) is 70.1 Å². The van der Waals surface area contributed by atoms with E-state index in [4.69, 9.17) is 4.42 Å². The number of nitrogens with one attached hydrogen (secondary N) is 3. The van der Waals surface area contributed by atoms with Crippen molar-refractivity contribution in [1.82, 2.24) is 15.6 Å². The number of hydrogen-bond donors (Lipinski definition) is 3. The Morgan fingerprint density at radius 2 is 2.16 bits per heavy atom. The van der Waals surface area contributed by atoms with Gasteiger partial charge in [0.25, 0.3) is 0 Å². The van der Waals surface area contributed by atoms with Gasteiger partial charge in [-0.25, -0.2) is 4.79 Å². The lowest BCUT2D eigenvalue weighted by Crippen LogP contribution is -2.40. The summed E-state index contributed by atoms with van der Waals surface area (Å²) in [6.45, 7) is 3.18. The highest BCUT2D eigenvalue weighted by molar-refractivity contribution is 5.72. The van der Waals surface area contributed by atoms with Crippen molar-refractivity contribution >= 4 is 11.1 Å². The van der Waals surface area contributed by atoms with E-state index in [1.165, 1.54) is 18.4 Å². The number of oxazole rings is 1. The molecule has 0 saturated carbocycles. The first kappa shape index (κ1) is 12.4. The summed E-state index contributed by atoms with van der Waals surface area (Å²) < 4.78 is 5.07. The van der Waals surface area contributed by atoms with Crippen LogP contribution >= 0.6 is 0 Å². The quantitative estimate of drug-likeness (QED) is 0.768. The van der Waals surface area contributed by atoms with Crippen LogP contribution in [-0.4, -0.2) is 30.7 Å². The average molecular weight is 261 g/mol. The van der Waals surface area contributed by atoms with Gasteiger partial charge in [0.2, 0.25) is 0 Å². The number of benzene rings is 1. The molecular formula is C14H19N3O2. The van der Waals surface area contributed by atoms with Gasteiger partial charge >= 0.3 is 5.76 Å². The Bertz CT molecular complexity index is 596. The molecule has 102 valence electrons. The molecule has 1 aliphatic heterocycles. The van der Waals surface area contributed by atoms with Crippen molar-refractivity contribution in [3.8, 4) is 0 Å². The molecule has 3 rings (SSSR count). The molecule has 5 nitrogen and oxygen atoms in total. The fourth-order valence-corrected chi connectivity index (χ4v) is 2.59. The van der Waals surface area contributed by atoms with Gasteiger partial charge in [-0.15, -0.1) is 0 Å². The molecule has 1 aromatic heterocycles. The van der Waals surface area contributed by atoms with Crippen LogP contribution in [-0.2, 0) is 6.42 Å². The monoisotopic (exact) mass is 261 g/mol. The highest BCUT2D eigenvalue weighted by Gasteiger charge is 2.11. The maximum Gasteiger partial charge on any atom is 0.417 e. The normalized spacial score (nSPS) is 17.1. The molecule has 0 spiro atoms. The van der Waals surface area contributed by atoms with E-state index in [0.717, 1.165) is 31.6 Å². The summed E-state index contributed by atoms with van der Waals surface area (Å²) in [5.41, 5.74) is 2.60. The number of fused-ring (bicyclic) bond motifs is 1. The molecule has 3 N–H and O–H groups in total. The van der Waals surface area contributed by atoms with Crippen LogP contribution in [0.4, 0.5) is 0 Å². The van der Waals surface area contributed by atoms with E-state index in [-0.39, 0.29) is 5.76 Å². The Labute approximate surface area is 111 Å². The van der Waals surface area contributed by atoms with Gasteiger partial charge in [0.05, 0.1) is 5.52 Å². The minimum absolute atomic E-state index is 0.389. The molecule has 1 saturated heterocycles. The molecule has 0 radical (unpaired) electrons. The molecule has 1 fully saturated rings. The summed E-state index contributed by atoms with van der Waals surface area (Å²) in [7, 11) is 0. The smallest absolute Gasteiger partial charge is 0.408 e. The lowest BCUT2D eigenvalue weighted by molar-refractivity contribution is 0.389. The molecule has 0 aliphatic carbocycles. The Morgan fingerprint density at radius 1 is 1.32 bits per heavy atom. The average Bonchev–Trinajstić information content (AvgIpc) is 2.79. The summed E-state index contributed by atoms with van der Waals surface area (Å²) in [5.74, 6) is -0.389. The zero-order valence-corrected chi connectivity index (χ0v) is 10.9. The van der Waals surface area contributed by atoms with Crippen LogP contribution < -0.4 is 16.4 Å². The maximum atomic E-state index is 11.1. The van der Waals surface area contributed by atoms with Crippen molar-refractivity contribution in [3.05, 3.63) is 34.3 Å². The predicted molar refractivity (Wildman–Crippen MR) is 74.4 cm³/mol. The first-order valence-corrected chi connectivity index (χ1v) is 6.87. The minimum Gasteiger partial charge on any atom is -0.408 e. The third-order valence-electron chi connectivity index (χ3n) is 3.67. The van der Waals surface area contributed by atoms with E-state index >= 15 is 0 Å². The van der Waals surface area contributed by atoms with Crippen LogP contribution in [0, 0.1) is 0 Å². The van der Waals surface area contributed by atoms with Gasteiger partial charge in [-0.1, -0.05) is 6.07 Å². The van der Waals surface area contributed by atoms with Crippen molar-refractivity contribution in [1.29, 1.82) is 0 Å². The Kier molecular flexibility index (Phi) is 3.66. The molecule has 0 atom stereocenters. The Hall–Kier alpha value is -1.59. The van der Waals surface area contributed by atoms with Crippen LogP contribution in [0.1, 0.15) is 18.4 Å². The highest BCUT2D eigenvalue weighted by atomic mass is 16.4. The summed E-state index contributed by atoms with van der Waals surface area (Å²) in [4.78, 5) is 13.7. The number of hydrogen-bond acceptors (Lipinski definition) is 4. The number of aromatic amines is 1. The molecule has 1 aromatic carbocycles. The van der Waals surface area contributed by atoms with Gasteiger partial charge in [0.15, 0.2) is 5.58 Å². The van der Waals surface area contributed by atoms with Gasteiger partial charge in [-0.05, 0) is 56.6 Å². The van der Waals surface area contributed by atoms with Crippen LogP contribution in [0.3, 0.4) is 0 Å². The van der Waals surface area contributed by atoms with Gasteiger partial charge in [0, 0.05) is 6.04 Å². The van der Waals surface area contributed by atoms with Crippen LogP contribution in [0.2, 0.25) is 0 Å². The van der Waals surface area contributed by atoms with Gasteiger partial charge < -0.3 is 15.1 Å². The number of piperidine rings is 1. The zero-order chi connectivity index (χ0) is 13.1.